The van der Waals surface area contributed by atoms with E-state index in [0.717, 1.165) is 46.4 Å². The lowest BCUT2D eigenvalue weighted by molar-refractivity contribution is 0.0528. The first kappa shape index (κ1) is 18.4. The molecule has 0 unspecified atom stereocenters. The van der Waals surface area contributed by atoms with Gasteiger partial charge >= 0.3 is 5.97 Å². The Labute approximate surface area is 174 Å². The second-order valence-corrected chi connectivity index (χ2v) is 7.56. The average Bonchev–Trinajstić information content (AvgIpc) is 3.12. The number of anilines is 1. The number of aryl methyl sites for hydroxylation is 2. The summed E-state index contributed by atoms with van der Waals surface area (Å²) in [6, 6.07) is 10.2. The number of nitrogen functional groups attached to an aromatic ring is 1. The number of pyridine rings is 2. The molecule has 150 valence electrons. The molecule has 0 fully saturated rings. The highest BCUT2D eigenvalue weighted by atomic mass is 16.5. The number of H-pyrrole nitrogens is 1. The van der Waals surface area contributed by atoms with Crippen molar-refractivity contribution in [2.24, 2.45) is 0 Å². The quantitative estimate of drug-likeness (QED) is 0.497. The van der Waals surface area contributed by atoms with Crippen molar-refractivity contribution >= 4 is 22.7 Å². The van der Waals surface area contributed by atoms with Crippen LogP contribution in [0.25, 0.3) is 33.4 Å². The van der Waals surface area contributed by atoms with Crippen LogP contribution in [-0.4, -0.2) is 27.5 Å². The largest absolute Gasteiger partial charge is 0.462 e. The molecule has 6 nitrogen and oxygen atoms in total. The molecule has 0 bridgehead atoms. The predicted octanol–water partition coefficient (Wildman–Crippen LogP) is 4.46. The third-order valence-electron chi connectivity index (χ3n) is 5.68. The van der Waals surface area contributed by atoms with Gasteiger partial charge in [-0.3, -0.25) is 4.98 Å². The van der Waals surface area contributed by atoms with Crippen molar-refractivity contribution in [3.63, 3.8) is 0 Å². The van der Waals surface area contributed by atoms with E-state index >= 15 is 0 Å². The van der Waals surface area contributed by atoms with E-state index in [1.807, 2.05) is 12.1 Å². The number of ether oxygens (including phenoxy) is 1. The van der Waals surface area contributed by atoms with Gasteiger partial charge in [0, 0.05) is 34.4 Å². The van der Waals surface area contributed by atoms with Crippen molar-refractivity contribution < 1.29 is 9.53 Å². The van der Waals surface area contributed by atoms with Gasteiger partial charge in [-0.05, 0) is 56.0 Å². The average molecular weight is 398 g/mol. The first-order chi connectivity index (χ1) is 14.6. The second kappa shape index (κ2) is 6.99. The maximum Gasteiger partial charge on any atom is 0.342 e. The molecule has 0 saturated carbocycles. The zero-order chi connectivity index (χ0) is 20.8. The summed E-state index contributed by atoms with van der Waals surface area (Å²) < 4.78 is 5.31. The van der Waals surface area contributed by atoms with E-state index in [-0.39, 0.29) is 12.4 Å². The molecule has 30 heavy (non-hydrogen) atoms. The Morgan fingerprint density at radius 3 is 2.83 bits per heavy atom. The smallest absolute Gasteiger partial charge is 0.342 e. The molecule has 3 N–H and O–H groups in total. The van der Waals surface area contributed by atoms with Gasteiger partial charge < -0.3 is 15.5 Å². The molecular formula is C24H22N4O2. The third kappa shape index (κ3) is 2.76. The first-order valence-electron chi connectivity index (χ1n) is 10.1. The molecule has 0 spiro atoms. The van der Waals surface area contributed by atoms with E-state index in [2.05, 4.69) is 40.1 Å². The van der Waals surface area contributed by atoms with E-state index in [9.17, 15) is 4.79 Å². The third-order valence-corrected chi connectivity index (χ3v) is 5.68. The van der Waals surface area contributed by atoms with Gasteiger partial charge in [-0.15, -0.1) is 0 Å². The molecule has 0 atom stereocenters. The van der Waals surface area contributed by atoms with Crippen molar-refractivity contribution in [1.29, 1.82) is 0 Å². The lowest BCUT2D eigenvalue weighted by Gasteiger charge is -2.23. The molecular weight excluding hydrogens is 376 g/mol. The van der Waals surface area contributed by atoms with Gasteiger partial charge in [0.15, 0.2) is 0 Å². The van der Waals surface area contributed by atoms with Gasteiger partial charge in [0.2, 0.25) is 0 Å². The zero-order valence-corrected chi connectivity index (χ0v) is 17.0. The highest BCUT2D eigenvalue weighted by Gasteiger charge is 2.30. The molecule has 1 aliphatic rings. The first-order valence-corrected chi connectivity index (χ1v) is 10.1. The van der Waals surface area contributed by atoms with Gasteiger partial charge in [0.1, 0.15) is 11.4 Å². The van der Waals surface area contributed by atoms with Crippen molar-refractivity contribution in [1.82, 2.24) is 15.0 Å². The molecule has 0 saturated heterocycles. The number of rotatable bonds is 3. The summed E-state index contributed by atoms with van der Waals surface area (Å²) in [4.78, 5) is 25.3. The molecule has 5 rings (SSSR count). The number of hydrogen-bond acceptors (Lipinski definition) is 5. The summed E-state index contributed by atoms with van der Waals surface area (Å²) in [5.74, 6) is -0.282. The summed E-state index contributed by atoms with van der Waals surface area (Å²) in [7, 11) is 0. The number of esters is 1. The molecule has 3 aromatic heterocycles. The number of nitrogens with one attached hydrogen (secondary N) is 1. The fraction of sp³-hybridized carbons (Fsp3) is 0.208. The molecule has 3 heterocycles. The second-order valence-electron chi connectivity index (χ2n) is 7.56. The Morgan fingerprint density at radius 1 is 1.23 bits per heavy atom. The van der Waals surface area contributed by atoms with Crippen LogP contribution < -0.4 is 5.73 Å². The summed E-state index contributed by atoms with van der Waals surface area (Å²) in [6.07, 6.45) is 5.07. The Bertz CT molecular complexity index is 1290. The molecule has 4 aromatic rings. The van der Waals surface area contributed by atoms with Crippen molar-refractivity contribution in [2.45, 2.75) is 26.7 Å². The Morgan fingerprint density at radius 2 is 2.07 bits per heavy atom. The SMILES string of the molecule is CCOC(=O)c1c(N)nc2c(c1-c1cccnc1)CCc1c-2[nH]c2ccc(C)cc12. The molecule has 0 aliphatic heterocycles. The minimum atomic E-state index is -0.456. The van der Waals surface area contributed by atoms with E-state index in [1.54, 1.807) is 19.3 Å². The monoisotopic (exact) mass is 398 g/mol. The lowest BCUT2D eigenvalue weighted by atomic mass is 9.85. The normalized spacial score (nSPS) is 12.5. The Hall–Kier alpha value is -3.67. The van der Waals surface area contributed by atoms with Gasteiger partial charge in [-0.2, -0.15) is 0 Å². The summed E-state index contributed by atoms with van der Waals surface area (Å²) in [6.45, 7) is 4.15. The number of hydrogen-bond donors (Lipinski definition) is 2. The lowest BCUT2D eigenvalue weighted by Crippen LogP contribution is -2.17. The minimum absolute atomic E-state index is 0.175. The fourth-order valence-corrected chi connectivity index (χ4v) is 4.40. The number of benzene rings is 1. The van der Waals surface area contributed by atoms with E-state index in [1.165, 1.54) is 16.5 Å². The fourth-order valence-electron chi connectivity index (χ4n) is 4.40. The molecule has 6 heteroatoms. The maximum absolute atomic E-state index is 12.8. The predicted molar refractivity (Wildman–Crippen MR) is 117 cm³/mol. The van der Waals surface area contributed by atoms with Crippen molar-refractivity contribution in [3.8, 4) is 22.5 Å². The summed E-state index contributed by atoms with van der Waals surface area (Å²) in [5.41, 5.74) is 14.6. The van der Waals surface area contributed by atoms with E-state index < -0.39 is 5.97 Å². The number of nitrogens with two attached hydrogens (primary N) is 1. The number of fused-ring (bicyclic) bond motifs is 5. The topological polar surface area (TPSA) is 93.9 Å². The summed E-state index contributed by atoms with van der Waals surface area (Å²) in [5, 5.41) is 1.22. The maximum atomic E-state index is 12.8. The van der Waals surface area contributed by atoms with E-state index in [4.69, 9.17) is 10.5 Å². The molecule has 0 radical (unpaired) electrons. The number of aromatic amines is 1. The molecule has 0 amide bonds. The Kier molecular flexibility index (Phi) is 4.28. The van der Waals surface area contributed by atoms with E-state index in [0.29, 0.717) is 5.56 Å². The number of carbonyl (C=O) groups is 1. The molecule has 1 aromatic carbocycles. The van der Waals surface area contributed by atoms with Gasteiger partial charge in [-0.25, -0.2) is 9.78 Å². The van der Waals surface area contributed by atoms with Crippen molar-refractivity contribution in [3.05, 3.63) is 65.0 Å². The van der Waals surface area contributed by atoms with Crippen LogP contribution in [0.3, 0.4) is 0 Å². The number of carbonyl (C=O) groups excluding carboxylic acids is 1. The Balaban J connectivity index is 1.82. The number of aromatic nitrogens is 3. The summed E-state index contributed by atoms with van der Waals surface area (Å²) >= 11 is 0. The van der Waals surface area contributed by atoms with Gasteiger partial charge in [0.25, 0.3) is 0 Å². The highest BCUT2D eigenvalue weighted by molar-refractivity contribution is 6.04. The van der Waals surface area contributed by atoms with Crippen molar-refractivity contribution in [2.75, 3.05) is 12.3 Å². The van der Waals surface area contributed by atoms with Gasteiger partial charge in [0.05, 0.1) is 18.0 Å². The van der Waals surface area contributed by atoms with Crippen LogP contribution in [0.5, 0.6) is 0 Å². The van der Waals surface area contributed by atoms with Crippen LogP contribution in [0.4, 0.5) is 5.82 Å². The standard InChI is InChI=1S/C24H22N4O2/c1-3-30-24(29)20-19(14-5-4-10-26-12-14)16-8-7-15-17-11-13(2)6-9-18(17)27-21(15)22(16)28-23(20)25/h4-6,9-12,27H,3,7-8H2,1-2H3,(H2,25,28). The molecule has 1 aliphatic carbocycles. The highest BCUT2D eigenvalue weighted by Crippen LogP contribution is 2.43. The zero-order valence-electron chi connectivity index (χ0n) is 17.0. The van der Waals surface area contributed by atoms with Crippen LogP contribution in [-0.2, 0) is 17.6 Å². The van der Waals surface area contributed by atoms with Crippen LogP contribution >= 0.6 is 0 Å². The van der Waals surface area contributed by atoms with Crippen LogP contribution in [0.1, 0.15) is 34.0 Å². The van der Waals surface area contributed by atoms with Crippen LogP contribution in [0.2, 0.25) is 0 Å². The van der Waals surface area contributed by atoms with Crippen LogP contribution in [0, 0.1) is 6.92 Å². The number of nitrogens with zero attached hydrogens (tertiary/aromatic N) is 2. The minimum Gasteiger partial charge on any atom is -0.462 e. The van der Waals surface area contributed by atoms with Gasteiger partial charge in [-0.1, -0.05) is 17.7 Å². The van der Waals surface area contributed by atoms with Crippen LogP contribution in [0.15, 0.2) is 42.7 Å².